The Morgan fingerprint density at radius 2 is 1.97 bits per heavy atom. The quantitative estimate of drug-likeness (QED) is 0.479. The molecule has 1 aliphatic rings. The van der Waals surface area contributed by atoms with Crippen molar-refractivity contribution in [1.29, 1.82) is 0 Å². The van der Waals surface area contributed by atoms with E-state index >= 15 is 0 Å². The average Bonchev–Trinajstić information content (AvgIpc) is 3.40. The maximum Gasteiger partial charge on any atom is 0.247 e. The summed E-state index contributed by atoms with van der Waals surface area (Å²) in [5.41, 5.74) is 2.97. The van der Waals surface area contributed by atoms with E-state index in [1.807, 2.05) is 35.1 Å². The van der Waals surface area contributed by atoms with Gasteiger partial charge in [0.1, 0.15) is 0 Å². The van der Waals surface area contributed by atoms with Gasteiger partial charge in [-0.3, -0.25) is 4.68 Å². The van der Waals surface area contributed by atoms with Crippen molar-refractivity contribution in [2.24, 2.45) is 5.92 Å². The van der Waals surface area contributed by atoms with Crippen LogP contribution in [0.4, 0.5) is 11.6 Å². The Balaban J connectivity index is 1.39. The van der Waals surface area contributed by atoms with Gasteiger partial charge in [0.15, 0.2) is 15.5 Å². The Morgan fingerprint density at radius 3 is 2.78 bits per heavy atom. The van der Waals surface area contributed by atoms with Crippen molar-refractivity contribution in [1.82, 2.24) is 24.4 Å². The highest BCUT2D eigenvalue weighted by Gasteiger charge is 2.16. The predicted octanol–water partition coefficient (Wildman–Crippen LogP) is 3.17. The Labute approximate surface area is 186 Å². The Morgan fingerprint density at radius 1 is 1.16 bits per heavy atom. The lowest BCUT2D eigenvalue weighted by atomic mass is 10.0. The fourth-order valence-corrected chi connectivity index (χ4v) is 4.58. The summed E-state index contributed by atoms with van der Waals surface area (Å²) in [6, 6.07) is 12.5. The van der Waals surface area contributed by atoms with Crippen molar-refractivity contribution in [3.8, 4) is 11.3 Å². The lowest BCUT2D eigenvalue weighted by Gasteiger charge is -2.21. The van der Waals surface area contributed by atoms with Gasteiger partial charge in [-0.1, -0.05) is 18.2 Å². The van der Waals surface area contributed by atoms with Gasteiger partial charge >= 0.3 is 0 Å². The molecule has 1 fully saturated rings. The van der Waals surface area contributed by atoms with Crippen LogP contribution in [0.15, 0.2) is 59.8 Å². The van der Waals surface area contributed by atoms with Gasteiger partial charge in [0.2, 0.25) is 5.95 Å². The van der Waals surface area contributed by atoms with Crippen molar-refractivity contribution in [3.63, 3.8) is 0 Å². The number of hydrogen-bond donors (Lipinski definition) is 1. The summed E-state index contributed by atoms with van der Waals surface area (Å²) in [5.74, 6) is 1.03. The smallest absolute Gasteiger partial charge is 0.247 e. The van der Waals surface area contributed by atoms with Crippen LogP contribution in [-0.2, 0) is 21.1 Å². The zero-order valence-electron chi connectivity index (χ0n) is 17.7. The normalized spacial score (nSPS) is 15.3. The van der Waals surface area contributed by atoms with Crippen molar-refractivity contribution >= 4 is 27.1 Å². The molecule has 166 valence electrons. The van der Waals surface area contributed by atoms with Crippen LogP contribution in [-0.4, -0.2) is 52.3 Å². The topological polar surface area (TPSA) is 103 Å². The van der Waals surface area contributed by atoms with E-state index in [0.717, 1.165) is 49.5 Å². The molecule has 0 radical (unpaired) electrons. The molecular formula is C22H24N6O3S. The molecule has 0 spiro atoms. The molecule has 32 heavy (non-hydrogen) atoms. The zero-order valence-corrected chi connectivity index (χ0v) is 18.5. The van der Waals surface area contributed by atoms with Crippen LogP contribution in [0.2, 0.25) is 0 Å². The lowest BCUT2D eigenvalue weighted by molar-refractivity contribution is 0.0601. The monoisotopic (exact) mass is 452 g/mol. The van der Waals surface area contributed by atoms with Crippen molar-refractivity contribution in [3.05, 3.63) is 54.9 Å². The molecular weight excluding hydrogens is 428 g/mol. The largest absolute Gasteiger partial charge is 0.381 e. The predicted molar refractivity (Wildman–Crippen MR) is 121 cm³/mol. The number of pyridine rings is 1. The molecule has 0 bridgehead atoms. The number of nitrogens with one attached hydrogen (secondary N) is 1. The molecule has 10 heteroatoms. The molecule has 0 aliphatic carbocycles. The number of fused-ring (bicyclic) bond motifs is 1. The van der Waals surface area contributed by atoms with Gasteiger partial charge in [0.25, 0.3) is 0 Å². The molecule has 1 aromatic carbocycles. The highest BCUT2D eigenvalue weighted by Crippen LogP contribution is 2.24. The maximum atomic E-state index is 12.0. The van der Waals surface area contributed by atoms with Gasteiger partial charge in [-0.25, -0.2) is 12.9 Å². The number of sulfone groups is 1. The van der Waals surface area contributed by atoms with Crippen molar-refractivity contribution in [2.45, 2.75) is 24.3 Å². The first-order valence-corrected chi connectivity index (χ1v) is 12.4. The highest BCUT2D eigenvalue weighted by atomic mass is 32.2. The van der Waals surface area contributed by atoms with E-state index in [9.17, 15) is 8.42 Å². The van der Waals surface area contributed by atoms with Gasteiger partial charge in [-0.05, 0) is 43.0 Å². The summed E-state index contributed by atoms with van der Waals surface area (Å²) in [6.07, 6.45) is 7.03. The van der Waals surface area contributed by atoms with Crippen LogP contribution in [0.3, 0.4) is 0 Å². The van der Waals surface area contributed by atoms with Gasteiger partial charge in [0, 0.05) is 37.8 Å². The summed E-state index contributed by atoms with van der Waals surface area (Å²) < 4.78 is 33.0. The molecule has 1 N–H and O–H groups in total. The van der Waals surface area contributed by atoms with E-state index < -0.39 is 9.84 Å². The van der Waals surface area contributed by atoms with E-state index in [0.29, 0.717) is 17.5 Å². The molecule has 0 saturated carbocycles. The van der Waals surface area contributed by atoms with Crippen LogP contribution in [0, 0.1) is 5.92 Å². The molecule has 5 rings (SSSR count). The van der Waals surface area contributed by atoms with Crippen LogP contribution in [0.25, 0.3) is 16.9 Å². The molecule has 0 atom stereocenters. The van der Waals surface area contributed by atoms with Gasteiger partial charge in [-0.15, -0.1) is 5.10 Å². The molecule has 4 heterocycles. The molecule has 1 saturated heterocycles. The molecule has 4 aromatic rings. The lowest BCUT2D eigenvalue weighted by Crippen LogP contribution is -2.20. The molecule has 9 nitrogen and oxygen atoms in total. The Hall–Kier alpha value is -3.24. The van der Waals surface area contributed by atoms with Crippen LogP contribution in [0.1, 0.15) is 12.8 Å². The third kappa shape index (κ3) is 4.37. The van der Waals surface area contributed by atoms with Crippen molar-refractivity contribution in [2.75, 3.05) is 24.8 Å². The summed E-state index contributed by atoms with van der Waals surface area (Å²) in [7, 11) is -3.30. The van der Waals surface area contributed by atoms with E-state index in [1.54, 1.807) is 28.9 Å². The van der Waals surface area contributed by atoms with Crippen LogP contribution in [0.5, 0.6) is 0 Å². The maximum absolute atomic E-state index is 12.0. The first-order chi connectivity index (χ1) is 15.5. The third-order valence-corrected chi connectivity index (χ3v) is 6.70. The number of benzene rings is 1. The minimum absolute atomic E-state index is 0.266. The highest BCUT2D eigenvalue weighted by molar-refractivity contribution is 7.90. The summed E-state index contributed by atoms with van der Waals surface area (Å²) in [5, 5.41) is 12.3. The number of hydrogen-bond acceptors (Lipinski definition) is 7. The first kappa shape index (κ1) is 20.7. The fourth-order valence-electron chi connectivity index (χ4n) is 3.91. The number of ether oxygens (including phenoxy) is 1. The standard InChI is InChI=1S/C22H24N6O3S/c1-32(29,30)19-5-2-4-17(12-19)20-6-3-7-21-25-22(26-28(20)21)24-18-13-23-27(15-18)14-16-8-10-31-11-9-16/h2-7,12-13,15-16H,8-11,14H2,1H3,(H,24,26). The SMILES string of the molecule is CS(=O)(=O)c1cccc(-c2cccc3nc(Nc4cnn(CC5CCOCC5)c4)nn23)c1. The minimum atomic E-state index is -3.30. The van der Waals surface area contributed by atoms with E-state index in [1.165, 1.54) is 6.26 Å². The van der Waals surface area contributed by atoms with Crippen LogP contribution >= 0.6 is 0 Å². The molecule has 3 aromatic heterocycles. The molecule has 1 aliphatic heterocycles. The Bertz CT molecular complexity index is 1360. The number of rotatable bonds is 6. The summed E-state index contributed by atoms with van der Waals surface area (Å²) in [4.78, 5) is 4.83. The fraction of sp³-hybridized carbons (Fsp3) is 0.318. The zero-order chi connectivity index (χ0) is 22.1. The van der Waals surface area contributed by atoms with Gasteiger partial charge < -0.3 is 10.1 Å². The number of nitrogens with zero attached hydrogens (tertiary/aromatic N) is 5. The van der Waals surface area contributed by atoms with Crippen LogP contribution < -0.4 is 5.32 Å². The summed E-state index contributed by atoms with van der Waals surface area (Å²) in [6.45, 7) is 2.50. The second-order valence-electron chi connectivity index (χ2n) is 8.05. The second-order valence-corrected chi connectivity index (χ2v) is 10.1. The van der Waals surface area contributed by atoms with E-state index in [4.69, 9.17) is 4.74 Å². The Kier molecular flexibility index (Phi) is 5.40. The average molecular weight is 453 g/mol. The second kappa shape index (κ2) is 8.36. The minimum Gasteiger partial charge on any atom is -0.381 e. The third-order valence-electron chi connectivity index (χ3n) is 5.59. The molecule has 0 unspecified atom stereocenters. The van der Waals surface area contributed by atoms with Gasteiger partial charge in [0.05, 0.1) is 22.5 Å². The number of aromatic nitrogens is 5. The van der Waals surface area contributed by atoms with E-state index in [2.05, 4.69) is 20.5 Å². The summed E-state index contributed by atoms with van der Waals surface area (Å²) >= 11 is 0. The van der Waals surface area contributed by atoms with Crippen molar-refractivity contribution < 1.29 is 13.2 Å². The van der Waals surface area contributed by atoms with E-state index in [-0.39, 0.29) is 4.90 Å². The molecule has 0 amide bonds. The van der Waals surface area contributed by atoms with Gasteiger partial charge in [-0.2, -0.15) is 10.1 Å². The first-order valence-electron chi connectivity index (χ1n) is 10.5. The number of anilines is 2.